The molecule has 1 aliphatic heterocycles. The first-order valence-corrected chi connectivity index (χ1v) is 4.87. The molecule has 5 atom stereocenters. The van der Waals surface area contributed by atoms with Gasteiger partial charge < -0.3 is 4.74 Å². The van der Waals surface area contributed by atoms with Gasteiger partial charge in [-0.1, -0.05) is 20.8 Å². The van der Waals surface area contributed by atoms with Gasteiger partial charge >= 0.3 is 0 Å². The second-order valence-electron chi connectivity index (χ2n) is 4.35. The van der Waals surface area contributed by atoms with Crippen molar-refractivity contribution >= 4 is 6.40 Å². The topological polar surface area (TPSA) is 21.6 Å². The maximum Gasteiger partial charge on any atom is 0.170 e. The van der Waals surface area contributed by atoms with Gasteiger partial charge in [0.1, 0.15) is 6.10 Å². The molecule has 1 saturated carbocycles. The summed E-state index contributed by atoms with van der Waals surface area (Å²) in [4.78, 5) is 4.35. The van der Waals surface area contributed by atoms with Gasteiger partial charge in [-0.3, -0.25) is 4.99 Å². The molecular formula is C10H17NO. The minimum Gasteiger partial charge on any atom is -0.478 e. The molecule has 2 nitrogen and oxygen atoms in total. The van der Waals surface area contributed by atoms with Gasteiger partial charge in [-0.05, 0) is 24.2 Å². The Balaban J connectivity index is 2.13. The van der Waals surface area contributed by atoms with Crippen LogP contribution in [0.3, 0.4) is 0 Å². The summed E-state index contributed by atoms with van der Waals surface area (Å²) in [5.41, 5.74) is 0. The molecule has 0 aromatic heterocycles. The van der Waals surface area contributed by atoms with Gasteiger partial charge in [0.15, 0.2) is 6.40 Å². The van der Waals surface area contributed by atoms with Crippen molar-refractivity contribution in [2.75, 3.05) is 0 Å². The molecule has 68 valence electrons. The zero-order valence-electron chi connectivity index (χ0n) is 8.03. The minimum absolute atomic E-state index is 0.371. The van der Waals surface area contributed by atoms with Crippen molar-refractivity contribution < 1.29 is 4.74 Å². The van der Waals surface area contributed by atoms with E-state index < -0.39 is 0 Å². The van der Waals surface area contributed by atoms with Crippen LogP contribution in [0, 0.1) is 17.8 Å². The second kappa shape index (κ2) is 2.75. The van der Waals surface area contributed by atoms with Crippen LogP contribution in [-0.2, 0) is 4.74 Å². The smallest absolute Gasteiger partial charge is 0.170 e. The number of aliphatic imine (C=N–C) groups is 1. The quantitative estimate of drug-likeness (QED) is 0.541. The minimum atomic E-state index is 0.371. The average Bonchev–Trinajstić information content (AvgIpc) is 2.48. The van der Waals surface area contributed by atoms with Crippen LogP contribution in [0.1, 0.15) is 27.2 Å². The summed E-state index contributed by atoms with van der Waals surface area (Å²) >= 11 is 0. The lowest BCUT2D eigenvalue weighted by molar-refractivity contribution is 0.0400. The summed E-state index contributed by atoms with van der Waals surface area (Å²) in [7, 11) is 0. The van der Waals surface area contributed by atoms with E-state index >= 15 is 0 Å². The SMILES string of the molecule is CC1CC2N=COC2C(C)C1C. The number of fused-ring (bicyclic) bond motifs is 1. The molecule has 1 aliphatic carbocycles. The maximum absolute atomic E-state index is 5.50. The van der Waals surface area contributed by atoms with Crippen molar-refractivity contribution in [2.24, 2.45) is 22.7 Å². The normalized spacial score (nSPS) is 51.8. The molecule has 0 saturated heterocycles. The van der Waals surface area contributed by atoms with Crippen LogP contribution in [0.25, 0.3) is 0 Å². The van der Waals surface area contributed by atoms with E-state index in [2.05, 4.69) is 25.8 Å². The van der Waals surface area contributed by atoms with E-state index in [0.717, 1.165) is 11.8 Å². The Hall–Kier alpha value is -0.530. The Labute approximate surface area is 74.0 Å². The molecule has 0 aromatic rings. The molecule has 1 fully saturated rings. The highest BCUT2D eigenvalue weighted by Gasteiger charge is 2.41. The number of ether oxygens (including phenoxy) is 1. The second-order valence-corrected chi connectivity index (χ2v) is 4.35. The molecule has 0 aromatic carbocycles. The van der Waals surface area contributed by atoms with Crippen molar-refractivity contribution in [3.05, 3.63) is 0 Å². The van der Waals surface area contributed by atoms with Crippen LogP contribution in [0.4, 0.5) is 0 Å². The summed E-state index contributed by atoms with van der Waals surface area (Å²) in [5.74, 6) is 2.22. The predicted molar refractivity (Wildman–Crippen MR) is 49.3 cm³/mol. The van der Waals surface area contributed by atoms with Crippen LogP contribution >= 0.6 is 0 Å². The molecule has 2 rings (SSSR count). The fourth-order valence-electron chi connectivity index (χ4n) is 2.44. The van der Waals surface area contributed by atoms with Gasteiger partial charge in [0.25, 0.3) is 0 Å². The Kier molecular flexibility index (Phi) is 1.85. The van der Waals surface area contributed by atoms with Crippen molar-refractivity contribution in [1.29, 1.82) is 0 Å². The number of rotatable bonds is 0. The lowest BCUT2D eigenvalue weighted by Crippen LogP contribution is -2.41. The van der Waals surface area contributed by atoms with Gasteiger partial charge in [-0.15, -0.1) is 0 Å². The Morgan fingerprint density at radius 3 is 2.75 bits per heavy atom. The molecule has 0 bridgehead atoms. The zero-order valence-corrected chi connectivity index (χ0v) is 8.03. The van der Waals surface area contributed by atoms with E-state index in [4.69, 9.17) is 4.74 Å². The molecule has 0 amide bonds. The van der Waals surface area contributed by atoms with Gasteiger partial charge in [-0.2, -0.15) is 0 Å². The highest BCUT2D eigenvalue weighted by atomic mass is 16.5. The number of nitrogens with zero attached hydrogens (tertiary/aromatic N) is 1. The molecular weight excluding hydrogens is 150 g/mol. The van der Waals surface area contributed by atoms with Gasteiger partial charge in [0.05, 0.1) is 6.04 Å². The van der Waals surface area contributed by atoms with E-state index in [9.17, 15) is 0 Å². The molecule has 5 unspecified atom stereocenters. The molecule has 0 spiro atoms. The van der Waals surface area contributed by atoms with Gasteiger partial charge in [0, 0.05) is 0 Å². The van der Waals surface area contributed by atoms with E-state index in [0.29, 0.717) is 18.1 Å². The van der Waals surface area contributed by atoms with Crippen LogP contribution in [-0.4, -0.2) is 18.5 Å². The summed E-state index contributed by atoms with van der Waals surface area (Å²) in [6.45, 7) is 6.94. The van der Waals surface area contributed by atoms with Crippen molar-refractivity contribution in [3.8, 4) is 0 Å². The molecule has 12 heavy (non-hydrogen) atoms. The summed E-state index contributed by atoms with van der Waals surface area (Å²) in [6.07, 6.45) is 3.22. The average molecular weight is 167 g/mol. The Morgan fingerprint density at radius 2 is 2.00 bits per heavy atom. The highest BCUT2D eigenvalue weighted by Crippen LogP contribution is 2.38. The van der Waals surface area contributed by atoms with Crippen LogP contribution in [0.15, 0.2) is 4.99 Å². The monoisotopic (exact) mass is 167 g/mol. The van der Waals surface area contributed by atoms with E-state index in [1.165, 1.54) is 6.42 Å². The molecule has 1 heterocycles. The lowest BCUT2D eigenvalue weighted by atomic mass is 9.71. The van der Waals surface area contributed by atoms with E-state index in [1.54, 1.807) is 6.40 Å². The molecule has 2 aliphatic rings. The summed E-state index contributed by atoms with van der Waals surface area (Å²) < 4.78 is 5.50. The van der Waals surface area contributed by atoms with E-state index in [-0.39, 0.29) is 0 Å². The van der Waals surface area contributed by atoms with Crippen LogP contribution in [0.2, 0.25) is 0 Å². The van der Waals surface area contributed by atoms with Crippen LogP contribution < -0.4 is 0 Å². The fraction of sp³-hybridized carbons (Fsp3) is 0.900. The Bertz CT molecular complexity index is 202. The third-order valence-corrected chi connectivity index (χ3v) is 3.71. The largest absolute Gasteiger partial charge is 0.478 e. The third-order valence-electron chi connectivity index (χ3n) is 3.71. The zero-order chi connectivity index (χ0) is 8.72. The molecule has 0 N–H and O–H groups in total. The van der Waals surface area contributed by atoms with Gasteiger partial charge in [0.2, 0.25) is 0 Å². The maximum atomic E-state index is 5.50. The first-order valence-electron chi connectivity index (χ1n) is 4.87. The lowest BCUT2D eigenvalue weighted by Gasteiger charge is -2.38. The predicted octanol–water partition coefficient (Wildman–Crippen LogP) is 2.09. The van der Waals surface area contributed by atoms with Crippen molar-refractivity contribution in [3.63, 3.8) is 0 Å². The fourth-order valence-corrected chi connectivity index (χ4v) is 2.44. The number of hydrogen-bond acceptors (Lipinski definition) is 2. The first-order chi connectivity index (χ1) is 5.70. The summed E-state index contributed by atoms with van der Waals surface area (Å²) in [6, 6.07) is 0.450. The van der Waals surface area contributed by atoms with E-state index in [1.807, 2.05) is 0 Å². The molecule has 0 radical (unpaired) electrons. The van der Waals surface area contributed by atoms with Crippen LogP contribution in [0.5, 0.6) is 0 Å². The van der Waals surface area contributed by atoms with Crippen molar-refractivity contribution in [2.45, 2.75) is 39.3 Å². The highest BCUT2D eigenvalue weighted by molar-refractivity contribution is 5.50. The third kappa shape index (κ3) is 1.05. The van der Waals surface area contributed by atoms with Gasteiger partial charge in [-0.25, -0.2) is 0 Å². The number of hydrogen-bond donors (Lipinski definition) is 0. The standard InChI is InChI=1S/C10H17NO/c1-6-4-9-10(12-5-11-9)8(3)7(6)2/h5-10H,4H2,1-3H3. The Morgan fingerprint density at radius 1 is 1.25 bits per heavy atom. The molecule has 2 heteroatoms. The van der Waals surface area contributed by atoms with Crippen molar-refractivity contribution in [1.82, 2.24) is 0 Å². The summed E-state index contributed by atoms with van der Waals surface area (Å²) in [5, 5.41) is 0. The first kappa shape index (κ1) is 8.09.